The molecule has 1 aliphatic heterocycles. The molecule has 1 saturated heterocycles. The van der Waals surface area contributed by atoms with Crippen LogP contribution in [0.3, 0.4) is 0 Å². The molecule has 1 unspecified atom stereocenters. The highest BCUT2D eigenvalue weighted by atomic mass is 16.6. The lowest BCUT2D eigenvalue weighted by Crippen LogP contribution is -2.44. The molecule has 1 aromatic heterocycles. The fourth-order valence-electron chi connectivity index (χ4n) is 2.81. The van der Waals surface area contributed by atoms with Crippen molar-refractivity contribution >= 4 is 11.9 Å². The zero-order valence-corrected chi connectivity index (χ0v) is 14.2. The number of aromatic nitrogens is 1. The summed E-state index contributed by atoms with van der Waals surface area (Å²) in [5.41, 5.74) is 0.0716. The number of amides is 1. The molecule has 0 N–H and O–H groups in total. The summed E-state index contributed by atoms with van der Waals surface area (Å²) >= 11 is 0. The summed E-state index contributed by atoms with van der Waals surface area (Å²) in [7, 11) is 0. The molecular formula is C18H26N2O3. The molecular weight excluding hydrogens is 292 g/mol. The van der Waals surface area contributed by atoms with Gasteiger partial charge in [-0.2, -0.15) is 0 Å². The van der Waals surface area contributed by atoms with Crippen LogP contribution < -0.4 is 0 Å². The van der Waals surface area contributed by atoms with Crippen LogP contribution in [-0.2, 0) is 4.74 Å². The van der Waals surface area contributed by atoms with Crippen molar-refractivity contribution < 1.29 is 14.3 Å². The zero-order chi connectivity index (χ0) is 16.9. The van der Waals surface area contributed by atoms with Crippen LogP contribution in [0, 0.1) is 0 Å². The molecule has 0 saturated carbocycles. The molecule has 1 atom stereocenters. The maximum absolute atomic E-state index is 12.5. The lowest BCUT2D eigenvalue weighted by atomic mass is 10.0. The molecule has 126 valence electrons. The molecule has 1 aliphatic rings. The van der Waals surface area contributed by atoms with Crippen LogP contribution in [0.5, 0.6) is 0 Å². The van der Waals surface area contributed by atoms with Crippen LogP contribution in [0.15, 0.2) is 24.5 Å². The minimum atomic E-state index is -0.526. The SMILES string of the molecule is CC(C)(C)OC(=O)N1CCCCCC1CC(=O)c1cccnc1. The average molecular weight is 318 g/mol. The Bertz CT molecular complexity index is 537. The average Bonchev–Trinajstić information content (AvgIpc) is 2.72. The van der Waals surface area contributed by atoms with E-state index in [2.05, 4.69) is 4.98 Å². The van der Waals surface area contributed by atoms with Gasteiger partial charge in [-0.1, -0.05) is 12.8 Å². The quantitative estimate of drug-likeness (QED) is 0.795. The monoisotopic (exact) mass is 318 g/mol. The van der Waals surface area contributed by atoms with Gasteiger partial charge in [-0.05, 0) is 45.7 Å². The number of carbonyl (C=O) groups is 2. The largest absolute Gasteiger partial charge is 0.444 e. The first-order valence-electron chi connectivity index (χ1n) is 8.29. The van der Waals surface area contributed by atoms with Gasteiger partial charge in [0.25, 0.3) is 0 Å². The van der Waals surface area contributed by atoms with Crippen molar-refractivity contribution in [2.24, 2.45) is 0 Å². The molecule has 0 aromatic carbocycles. The predicted octanol–water partition coefficient (Wildman–Crippen LogP) is 3.83. The van der Waals surface area contributed by atoms with E-state index < -0.39 is 5.60 Å². The maximum atomic E-state index is 12.5. The molecule has 5 nitrogen and oxygen atoms in total. The van der Waals surface area contributed by atoms with Crippen LogP contribution >= 0.6 is 0 Å². The van der Waals surface area contributed by atoms with E-state index in [4.69, 9.17) is 4.74 Å². The molecule has 1 aromatic rings. The summed E-state index contributed by atoms with van der Waals surface area (Å²) in [5, 5.41) is 0. The van der Waals surface area contributed by atoms with E-state index in [0.717, 1.165) is 25.7 Å². The van der Waals surface area contributed by atoms with Crippen molar-refractivity contribution in [1.29, 1.82) is 0 Å². The van der Waals surface area contributed by atoms with E-state index in [1.807, 2.05) is 20.8 Å². The number of hydrogen-bond acceptors (Lipinski definition) is 4. The van der Waals surface area contributed by atoms with Crippen LogP contribution in [-0.4, -0.2) is 39.9 Å². The summed E-state index contributed by atoms with van der Waals surface area (Å²) in [5.74, 6) is 0.0264. The number of likely N-dealkylation sites (tertiary alicyclic amines) is 1. The molecule has 0 spiro atoms. The molecule has 1 amide bonds. The van der Waals surface area contributed by atoms with Crippen LogP contribution in [0.2, 0.25) is 0 Å². The second-order valence-electron chi connectivity index (χ2n) is 7.05. The molecule has 0 radical (unpaired) electrons. The van der Waals surface area contributed by atoms with Crippen molar-refractivity contribution in [3.05, 3.63) is 30.1 Å². The first-order valence-corrected chi connectivity index (χ1v) is 8.29. The topological polar surface area (TPSA) is 59.5 Å². The van der Waals surface area contributed by atoms with Crippen LogP contribution in [0.1, 0.15) is 63.2 Å². The first kappa shape index (κ1) is 17.4. The summed E-state index contributed by atoms with van der Waals surface area (Å²) in [4.78, 5) is 30.7. The number of hydrogen-bond donors (Lipinski definition) is 0. The molecule has 0 aliphatic carbocycles. The Morgan fingerprint density at radius 3 is 2.74 bits per heavy atom. The molecule has 5 heteroatoms. The molecule has 0 bridgehead atoms. The van der Waals surface area contributed by atoms with Gasteiger partial charge < -0.3 is 9.64 Å². The van der Waals surface area contributed by atoms with Gasteiger partial charge in [-0.15, -0.1) is 0 Å². The van der Waals surface area contributed by atoms with Crippen LogP contribution in [0.25, 0.3) is 0 Å². The van der Waals surface area contributed by atoms with E-state index >= 15 is 0 Å². The normalized spacial score (nSPS) is 19.1. The number of nitrogens with zero attached hydrogens (tertiary/aromatic N) is 2. The Balaban J connectivity index is 2.09. The number of Topliss-reactive ketones (excluding diaryl/α,β-unsaturated/α-hetero) is 1. The molecule has 23 heavy (non-hydrogen) atoms. The highest BCUT2D eigenvalue weighted by molar-refractivity contribution is 5.96. The third-order valence-electron chi connectivity index (χ3n) is 3.91. The fraction of sp³-hybridized carbons (Fsp3) is 0.611. The Morgan fingerprint density at radius 2 is 2.09 bits per heavy atom. The first-order chi connectivity index (χ1) is 10.9. The third-order valence-corrected chi connectivity index (χ3v) is 3.91. The Labute approximate surface area is 138 Å². The van der Waals surface area contributed by atoms with Crippen molar-refractivity contribution in [3.8, 4) is 0 Å². The van der Waals surface area contributed by atoms with Gasteiger partial charge in [-0.25, -0.2) is 4.79 Å². The molecule has 2 heterocycles. The van der Waals surface area contributed by atoms with Crippen LogP contribution in [0.4, 0.5) is 4.79 Å². The summed E-state index contributed by atoms with van der Waals surface area (Å²) in [6.07, 6.45) is 7.14. The highest BCUT2D eigenvalue weighted by Crippen LogP contribution is 2.23. The molecule has 1 fully saturated rings. The van der Waals surface area contributed by atoms with Gasteiger partial charge in [-0.3, -0.25) is 9.78 Å². The second-order valence-corrected chi connectivity index (χ2v) is 7.05. The van der Waals surface area contributed by atoms with Crippen molar-refractivity contribution in [2.45, 2.75) is 64.5 Å². The number of pyridine rings is 1. The van der Waals surface area contributed by atoms with Gasteiger partial charge in [0.05, 0.1) is 0 Å². The van der Waals surface area contributed by atoms with Crippen molar-refractivity contribution in [3.63, 3.8) is 0 Å². The Kier molecular flexibility index (Phi) is 5.74. The maximum Gasteiger partial charge on any atom is 0.410 e. The number of carbonyl (C=O) groups excluding carboxylic acids is 2. The highest BCUT2D eigenvalue weighted by Gasteiger charge is 2.30. The summed E-state index contributed by atoms with van der Waals surface area (Å²) in [6.45, 7) is 6.23. The Morgan fingerprint density at radius 1 is 1.30 bits per heavy atom. The zero-order valence-electron chi connectivity index (χ0n) is 14.2. The summed E-state index contributed by atoms with van der Waals surface area (Å²) in [6, 6.07) is 3.43. The minimum absolute atomic E-state index is 0.0264. The van der Waals surface area contributed by atoms with Gasteiger partial charge in [0, 0.05) is 37.0 Å². The van der Waals surface area contributed by atoms with E-state index in [1.54, 1.807) is 29.4 Å². The van der Waals surface area contributed by atoms with Crippen molar-refractivity contribution in [2.75, 3.05) is 6.54 Å². The third kappa shape index (κ3) is 5.34. The lowest BCUT2D eigenvalue weighted by molar-refractivity contribution is 0.0162. The smallest absolute Gasteiger partial charge is 0.410 e. The lowest BCUT2D eigenvalue weighted by Gasteiger charge is -2.32. The Hall–Kier alpha value is -1.91. The minimum Gasteiger partial charge on any atom is -0.444 e. The number of rotatable bonds is 3. The van der Waals surface area contributed by atoms with Gasteiger partial charge in [0.2, 0.25) is 0 Å². The van der Waals surface area contributed by atoms with Gasteiger partial charge in [0.1, 0.15) is 5.60 Å². The van der Waals surface area contributed by atoms with E-state index in [1.165, 1.54) is 0 Å². The van der Waals surface area contributed by atoms with Crippen molar-refractivity contribution in [1.82, 2.24) is 9.88 Å². The molecule has 2 rings (SSSR count). The van der Waals surface area contributed by atoms with E-state index in [0.29, 0.717) is 18.5 Å². The second kappa shape index (κ2) is 7.57. The standard InChI is InChI=1S/C18H26N2O3/c1-18(2,3)23-17(22)20-11-6-4-5-9-15(20)12-16(21)14-8-7-10-19-13-14/h7-8,10,13,15H,4-6,9,11-12H2,1-3H3. The van der Waals surface area contributed by atoms with Gasteiger partial charge >= 0.3 is 6.09 Å². The van der Waals surface area contributed by atoms with E-state index in [9.17, 15) is 9.59 Å². The predicted molar refractivity (Wildman–Crippen MR) is 88.4 cm³/mol. The summed E-state index contributed by atoms with van der Waals surface area (Å²) < 4.78 is 5.51. The van der Waals surface area contributed by atoms with Gasteiger partial charge in [0.15, 0.2) is 5.78 Å². The number of ketones is 1. The number of ether oxygens (including phenoxy) is 1. The fourth-order valence-corrected chi connectivity index (χ4v) is 2.81. The van der Waals surface area contributed by atoms with E-state index in [-0.39, 0.29) is 17.9 Å².